The summed E-state index contributed by atoms with van der Waals surface area (Å²) < 4.78 is 21.7. The molecule has 0 atom stereocenters. The standard InChI is InChI=1S/C7H16NO5P/c1-3-12-14(11,13-4-2)7-5-6-8(9)10/h3-7H2,1-2H3. The molecule has 0 aromatic heterocycles. The normalized spacial score (nSPS) is 11.6. The highest BCUT2D eigenvalue weighted by molar-refractivity contribution is 7.53. The minimum atomic E-state index is -3.08. The van der Waals surface area contributed by atoms with Gasteiger partial charge < -0.3 is 9.05 Å². The lowest BCUT2D eigenvalue weighted by Gasteiger charge is -2.15. The van der Waals surface area contributed by atoms with Crippen molar-refractivity contribution in [2.24, 2.45) is 0 Å². The smallest absolute Gasteiger partial charge is 0.309 e. The van der Waals surface area contributed by atoms with E-state index in [9.17, 15) is 14.7 Å². The van der Waals surface area contributed by atoms with Crippen molar-refractivity contribution in [3.8, 4) is 0 Å². The highest BCUT2D eigenvalue weighted by Gasteiger charge is 2.23. The van der Waals surface area contributed by atoms with Gasteiger partial charge in [-0.2, -0.15) is 0 Å². The maximum atomic E-state index is 11.7. The molecule has 0 rings (SSSR count). The van der Waals surface area contributed by atoms with Crippen molar-refractivity contribution in [3.63, 3.8) is 0 Å². The molecule has 0 bridgehead atoms. The second-order valence-corrected chi connectivity index (χ2v) is 4.77. The fraction of sp³-hybridized carbons (Fsp3) is 1.00. The maximum absolute atomic E-state index is 11.7. The summed E-state index contributed by atoms with van der Waals surface area (Å²) in [5.74, 6) is 0. The Kier molecular flexibility index (Phi) is 6.70. The van der Waals surface area contributed by atoms with E-state index in [-0.39, 0.29) is 32.3 Å². The summed E-state index contributed by atoms with van der Waals surface area (Å²) >= 11 is 0. The lowest BCUT2D eigenvalue weighted by Crippen LogP contribution is -2.06. The Morgan fingerprint density at radius 1 is 1.29 bits per heavy atom. The molecule has 0 amide bonds. The SMILES string of the molecule is CCOP(=O)(CCC[N+](=O)[O-])OCC. The number of rotatable bonds is 8. The Hall–Kier alpha value is -0.450. The molecule has 0 saturated heterocycles. The van der Waals surface area contributed by atoms with Crippen molar-refractivity contribution in [2.75, 3.05) is 25.9 Å². The molecule has 0 heterocycles. The van der Waals surface area contributed by atoms with Crippen LogP contribution in [0.2, 0.25) is 0 Å². The maximum Gasteiger partial charge on any atom is 0.330 e. The van der Waals surface area contributed by atoms with Crippen molar-refractivity contribution >= 4 is 7.60 Å². The van der Waals surface area contributed by atoms with Crippen molar-refractivity contribution in [1.29, 1.82) is 0 Å². The molecule has 0 aromatic carbocycles. The predicted octanol–water partition coefficient (Wildman–Crippen LogP) is 1.92. The summed E-state index contributed by atoms with van der Waals surface area (Å²) in [6.07, 6.45) is 0.319. The average Bonchev–Trinajstić information content (AvgIpc) is 2.03. The van der Waals surface area contributed by atoms with Gasteiger partial charge in [0, 0.05) is 11.3 Å². The van der Waals surface area contributed by atoms with Crippen LogP contribution in [-0.2, 0) is 13.6 Å². The van der Waals surface area contributed by atoms with Crippen LogP contribution in [0.5, 0.6) is 0 Å². The van der Waals surface area contributed by atoms with Crippen LogP contribution in [-0.4, -0.2) is 30.8 Å². The van der Waals surface area contributed by atoms with E-state index in [1.54, 1.807) is 13.8 Å². The van der Waals surface area contributed by atoms with Gasteiger partial charge in [0.1, 0.15) is 0 Å². The van der Waals surface area contributed by atoms with Crippen LogP contribution in [0.3, 0.4) is 0 Å². The minimum Gasteiger partial charge on any atom is -0.309 e. The number of nitrogens with zero attached hydrogens (tertiary/aromatic N) is 1. The third kappa shape index (κ3) is 6.07. The molecular weight excluding hydrogens is 209 g/mol. The zero-order valence-corrected chi connectivity index (χ0v) is 9.37. The van der Waals surface area contributed by atoms with Crippen LogP contribution in [0.15, 0.2) is 0 Å². The first-order valence-electron chi connectivity index (χ1n) is 4.54. The Labute approximate surface area is 83.3 Å². The van der Waals surface area contributed by atoms with E-state index in [0.29, 0.717) is 0 Å². The van der Waals surface area contributed by atoms with Crippen LogP contribution in [0.1, 0.15) is 20.3 Å². The highest BCUT2D eigenvalue weighted by atomic mass is 31.2. The minimum absolute atomic E-state index is 0.107. The molecular formula is C7H16NO5P. The van der Waals surface area contributed by atoms with E-state index in [4.69, 9.17) is 9.05 Å². The third-order valence-electron chi connectivity index (χ3n) is 1.42. The number of hydrogen-bond donors (Lipinski definition) is 0. The Balaban J connectivity index is 3.96. The van der Waals surface area contributed by atoms with E-state index in [1.165, 1.54) is 0 Å². The summed E-state index contributed by atoms with van der Waals surface area (Å²) in [5, 5.41) is 10.0. The fourth-order valence-electron chi connectivity index (χ4n) is 0.953. The molecule has 0 aromatic rings. The summed E-state index contributed by atoms with van der Waals surface area (Å²) in [7, 11) is -3.08. The largest absolute Gasteiger partial charge is 0.330 e. The van der Waals surface area contributed by atoms with Crippen LogP contribution < -0.4 is 0 Å². The van der Waals surface area contributed by atoms with Crippen LogP contribution in [0.4, 0.5) is 0 Å². The van der Waals surface area contributed by atoms with Crippen LogP contribution >= 0.6 is 7.60 Å². The molecule has 84 valence electrons. The molecule has 0 spiro atoms. The van der Waals surface area contributed by atoms with Gasteiger partial charge in [-0.15, -0.1) is 0 Å². The molecule has 0 aliphatic heterocycles. The van der Waals surface area contributed by atoms with Crippen molar-refractivity contribution in [1.82, 2.24) is 0 Å². The van der Waals surface area contributed by atoms with Gasteiger partial charge in [0.15, 0.2) is 0 Å². The van der Waals surface area contributed by atoms with E-state index in [2.05, 4.69) is 0 Å². The second-order valence-electron chi connectivity index (χ2n) is 2.58. The van der Waals surface area contributed by atoms with E-state index in [0.717, 1.165) is 0 Å². The zero-order chi connectivity index (χ0) is 11.0. The van der Waals surface area contributed by atoms with Gasteiger partial charge in [-0.1, -0.05) is 0 Å². The van der Waals surface area contributed by atoms with Crippen LogP contribution in [0, 0.1) is 10.1 Å². The van der Waals surface area contributed by atoms with Gasteiger partial charge in [0.2, 0.25) is 6.54 Å². The molecule has 0 unspecified atom stereocenters. The Morgan fingerprint density at radius 3 is 2.14 bits per heavy atom. The highest BCUT2D eigenvalue weighted by Crippen LogP contribution is 2.48. The molecule has 0 aliphatic rings. The second kappa shape index (κ2) is 6.92. The van der Waals surface area contributed by atoms with Crippen LogP contribution in [0.25, 0.3) is 0 Å². The first-order valence-corrected chi connectivity index (χ1v) is 6.26. The van der Waals surface area contributed by atoms with Crippen molar-refractivity contribution in [2.45, 2.75) is 20.3 Å². The Bertz CT molecular complexity index is 210. The van der Waals surface area contributed by atoms with E-state index >= 15 is 0 Å². The molecule has 7 heteroatoms. The summed E-state index contributed by atoms with van der Waals surface area (Å²) in [5.41, 5.74) is 0. The first kappa shape index (κ1) is 13.5. The lowest BCUT2D eigenvalue weighted by molar-refractivity contribution is -0.479. The molecule has 0 aliphatic carbocycles. The van der Waals surface area contributed by atoms with Gasteiger partial charge >= 0.3 is 7.60 Å². The van der Waals surface area contributed by atoms with Crippen molar-refractivity contribution in [3.05, 3.63) is 10.1 Å². The molecule has 0 fully saturated rings. The van der Waals surface area contributed by atoms with Gasteiger partial charge in [0.25, 0.3) is 0 Å². The van der Waals surface area contributed by atoms with Crippen molar-refractivity contribution < 1.29 is 18.5 Å². The zero-order valence-electron chi connectivity index (χ0n) is 8.47. The Morgan fingerprint density at radius 2 is 1.79 bits per heavy atom. The van der Waals surface area contributed by atoms with Gasteiger partial charge in [0.05, 0.1) is 19.4 Å². The average molecular weight is 225 g/mol. The number of nitro groups is 1. The quantitative estimate of drug-likeness (QED) is 0.358. The van der Waals surface area contributed by atoms with Gasteiger partial charge in [-0.05, 0) is 13.8 Å². The van der Waals surface area contributed by atoms with E-state index in [1.807, 2.05) is 0 Å². The van der Waals surface area contributed by atoms with E-state index < -0.39 is 12.5 Å². The summed E-state index contributed by atoms with van der Waals surface area (Å²) in [6.45, 7) is 3.79. The molecule has 14 heavy (non-hydrogen) atoms. The fourth-order valence-corrected chi connectivity index (χ4v) is 2.60. The third-order valence-corrected chi connectivity index (χ3v) is 3.59. The number of hydrogen-bond acceptors (Lipinski definition) is 5. The van der Waals surface area contributed by atoms with Gasteiger partial charge in [-0.3, -0.25) is 14.7 Å². The predicted molar refractivity (Wildman–Crippen MR) is 52.2 cm³/mol. The monoisotopic (exact) mass is 225 g/mol. The summed E-state index contributed by atoms with van der Waals surface area (Å²) in [4.78, 5) is 9.59. The molecule has 0 N–H and O–H groups in total. The lowest BCUT2D eigenvalue weighted by atomic mass is 10.5. The first-order chi connectivity index (χ1) is 6.54. The molecule has 0 saturated carbocycles. The molecule has 0 radical (unpaired) electrons. The summed E-state index contributed by atoms with van der Waals surface area (Å²) in [6, 6.07) is 0. The topological polar surface area (TPSA) is 78.7 Å². The van der Waals surface area contributed by atoms with Gasteiger partial charge in [-0.25, -0.2) is 0 Å². The molecule has 6 nitrogen and oxygen atoms in total.